The second-order valence-electron chi connectivity index (χ2n) is 3.47. The van der Waals surface area contributed by atoms with Crippen LogP contribution in [-0.4, -0.2) is 23.1 Å². The minimum Gasteiger partial charge on any atom is -0.478 e. The van der Waals surface area contributed by atoms with Gasteiger partial charge >= 0.3 is 5.97 Å². The first-order valence-corrected chi connectivity index (χ1v) is 4.89. The van der Waals surface area contributed by atoms with Gasteiger partial charge < -0.3 is 15.0 Å². The summed E-state index contributed by atoms with van der Waals surface area (Å²) in [6.45, 7) is 0. The molecule has 2 rings (SSSR count). The molecule has 82 valence electrons. The first-order chi connectivity index (χ1) is 7.68. The summed E-state index contributed by atoms with van der Waals surface area (Å²) in [5.74, 6) is 0.0529. The van der Waals surface area contributed by atoms with Gasteiger partial charge in [0, 0.05) is 18.9 Å². The van der Waals surface area contributed by atoms with Gasteiger partial charge in [-0.2, -0.15) is 0 Å². The Balaban J connectivity index is 2.25. The van der Waals surface area contributed by atoms with Crippen LogP contribution in [0.15, 0.2) is 42.6 Å². The van der Waals surface area contributed by atoms with Crippen molar-refractivity contribution in [1.29, 1.82) is 0 Å². The Morgan fingerprint density at radius 2 is 1.94 bits per heavy atom. The number of carboxylic acids is 1. The van der Waals surface area contributed by atoms with Crippen LogP contribution in [-0.2, 0) is 0 Å². The van der Waals surface area contributed by atoms with Crippen LogP contribution in [0.3, 0.4) is 0 Å². The van der Waals surface area contributed by atoms with Crippen LogP contribution in [0.1, 0.15) is 10.4 Å². The van der Waals surface area contributed by atoms with Gasteiger partial charge in [0.2, 0.25) is 0 Å². The lowest BCUT2D eigenvalue weighted by Crippen LogP contribution is -2.09. The van der Waals surface area contributed by atoms with E-state index in [9.17, 15) is 4.79 Å². The van der Waals surface area contributed by atoms with Crippen molar-refractivity contribution < 1.29 is 9.90 Å². The van der Waals surface area contributed by atoms with Gasteiger partial charge in [0.1, 0.15) is 5.82 Å². The molecule has 4 heteroatoms. The van der Waals surface area contributed by atoms with Gasteiger partial charge in [-0.05, 0) is 36.4 Å². The van der Waals surface area contributed by atoms with E-state index in [2.05, 4.69) is 4.98 Å². The molecule has 2 aromatic rings. The monoisotopic (exact) mass is 216 g/mol. The van der Waals surface area contributed by atoms with Gasteiger partial charge in [0.25, 0.3) is 0 Å². The topological polar surface area (TPSA) is 56.3 Å². The van der Waals surface area contributed by atoms with E-state index in [4.69, 9.17) is 5.11 Å². The molecular formula is C12H12N2O2. The van der Waals surface area contributed by atoms with Crippen LogP contribution >= 0.6 is 0 Å². The van der Waals surface area contributed by atoms with E-state index in [1.165, 1.54) is 0 Å². The number of carbonyl (C=O) groups is 1. The summed E-state index contributed by atoms with van der Waals surface area (Å²) in [5.41, 5.74) is 1.23. The summed E-state index contributed by atoms with van der Waals surface area (Å²) in [6, 6.07) is 10.6. The highest BCUT2D eigenvalue weighted by Gasteiger charge is 2.06. The lowest BCUT2D eigenvalue weighted by Gasteiger charge is -2.17. The minimum atomic E-state index is -0.908. The van der Waals surface area contributed by atoms with E-state index in [1.54, 1.807) is 24.3 Å². The molecule has 0 bridgehead atoms. The molecule has 0 spiro atoms. The summed E-state index contributed by atoms with van der Waals surface area (Å²) in [5, 5.41) is 8.78. The average molecular weight is 216 g/mol. The van der Waals surface area contributed by atoms with Crippen LogP contribution < -0.4 is 4.90 Å². The van der Waals surface area contributed by atoms with Gasteiger partial charge in [0.15, 0.2) is 0 Å². The molecule has 0 fully saturated rings. The van der Waals surface area contributed by atoms with Crippen molar-refractivity contribution in [2.24, 2.45) is 0 Å². The highest BCUT2D eigenvalue weighted by atomic mass is 16.4. The van der Waals surface area contributed by atoms with E-state index in [0.29, 0.717) is 5.56 Å². The molecule has 1 heterocycles. The number of H-pyrrole nitrogens is 1. The molecule has 0 saturated carbocycles. The largest absolute Gasteiger partial charge is 0.478 e. The van der Waals surface area contributed by atoms with Gasteiger partial charge in [-0.3, -0.25) is 0 Å². The van der Waals surface area contributed by atoms with Crippen LogP contribution in [0, 0.1) is 0 Å². The molecule has 0 aliphatic carbocycles. The molecule has 0 unspecified atom stereocenters. The first-order valence-electron chi connectivity index (χ1n) is 4.89. The molecule has 0 aliphatic rings. The van der Waals surface area contributed by atoms with E-state index in [-0.39, 0.29) is 0 Å². The van der Waals surface area contributed by atoms with Gasteiger partial charge in [-0.1, -0.05) is 0 Å². The quantitative estimate of drug-likeness (QED) is 0.828. The number of nitrogens with zero attached hydrogens (tertiary/aromatic N) is 1. The van der Waals surface area contributed by atoms with Gasteiger partial charge in [0.05, 0.1) is 5.56 Å². The Labute approximate surface area is 93.1 Å². The fraction of sp³-hybridized carbons (Fsp3) is 0.0833. The molecule has 1 aromatic carbocycles. The van der Waals surface area contributed by atoms with Crippen LogP contribution in [0.25, 0.3) is 0 Å². The number of aromatic carboxylic acids is 1. The third-order valence-corrected chi connectivity index (χ3v) is 2.44. The maximum Gasteiger partial charge on any atom is 0.335 e. The van der Waals surface area contributed by atoms with Crippen molar-refractivity contribution in [1.82, 2.24) is 4.98 Å². The summed E-state index contributed by atoms with van der Waals surface area (Å²) >= 11 is 0. The number of benzene rings is 1. The number of aromatic amines is 1. The van der Waals surface area contributed by atoms with Crippen LogP contribution in [0.4, 0.5) is 11.5 Å². The number of hydrogen-bond donors (Lipinski definition) is 2. The molecule has 4 nitrogen and oxygen atoms in total. The second kappa shape index (κ2) is 4.10. The smallest absolute Gasteiger partial charge is 0.335 e. The number of hydrogen-bond acceptors (Lipinski definition) is 2. The molecule has 0 saturated heterocycles. The average Bonchev–Trinajstić information content (AvgIpc) is 2.81. The van der Waals surface area contributed by atoms with Crippen LogP contribution in [0.5, 0.6) is 0 Å². The molecule has 2 N–H and O–H groups in total. The molecule has 0 aliphatic heterocycles. The minimum absolute atomic E-state index is 0.295. The van der Waals surface area contributed by atoms with Crippen molar-refractivity contribution in [3.8, 4) is 0 Å². The molecule has 0 atom stereocenters. The highest BCUT2D eigenvalue weighted by Crippen LogP contribution is 2.21. The number of nitrogens with one attached hydrogen (secondary N) is 1. The number of aromatic nitrogens is 1. The molecule has 16 heavy (non-hydrogen) atoms. The number of carboxylic acid groups (broad SMARTS) is 1. The van der Waals surface area contributed by atoms with E-state index < -0.39 is 5.97 Å². The summed E-state index contributed by atoms with van der Waals surface area (Å²) in [4.78, 5) is 15.7. The summed E-state index contributed by atoms with van der Waals surface area (Å²) < 4.78 is 0. The molecular weight excluding hydrogens is 204 g/mol. The third-order valence-electron chi connectivity index (χ3n) is 2.44. The molecule has 1 aromatic heterocycles. The zero-order valence-corrected chi connectivity index (χ0v) is 8.84. The van der Waals surface area contributed by atoms with E-state index in [1.807, 2.05) is 30.3 Å². The van der Waals surface area contributed by atoms with Gasteiger partial charge in [-0.25, -0.2) is 4.79 Å². The first kappa shape index (κ1) is 10.3. The van der Waals surface area contributed by atoms with Crippen molar-refractivity contribution in [2.45, 2.75) is 0 Å². The second-order valence-corrected chi connectivity index (χ2v) is 3.47. The van der Waals surface area contributed by atoms with Crippen molar-refractivity contribution in [3.05, 3.63) is 48.2 Å². The van der Waals surface area contributed by atoms with Gasteiger partial charge in [-0.15, -0.1) is 0 Å². The highest BCUT2D eigenvalue weighted by molar-refractivity contribution is 5.88. The predicted molar refractivity (Wildman–Crippen MR) is 62.3 cm³/mol. The lowest BCUT2D eigenvalue weighted by atomic mass is 10.2. The zero-order valence-electron chi connectivity index (χ0n) is 8.84. The molecule has 0 radical (unpaired) electrons. The van der Waals surface area contributed by atoms with E-state index in [0.717, 1.165) is 11.5 Å². The van der Waals surface area contributed by atoms with Crippen molar-refractivity contribution >= 4 is 17.5 Å². The Kier molecular flexibility index (Phi) is 2.64. The van der Waals surface area contributed by atoms with Crippen LogP contribution in [0.2, 0.25) is 0 Å². The zero-order chi connectivity index (χ0) is 11.5. The molecule has 0 amide bonds. The lowest BCUT2D eigenvalue weighted by molar-refractivity contribution is 0.0697. The summed E-state index contributed by atoms with van der Waals surface area (Å²) in [6.07, 6.45) is 1.84. The Bertz CT molecular complexity index is 474. The maximum atomic E-state index is 10.7. The fourth-order valence-corrected chi connectivity index (χ4v) is 1.50. The van der Waals surface area contributed by atoms with Crippen molar-refractivity contribution in [2.75, 3.05) is 11.9 Å². The number of rotatable bonds is 3. The Morgan fingerprint density at radius 3 is 2.44 bits per heavy atom. The maximum absolute atomic E-state index is 10.7. The normalized spacial score (nSPS) is 10.1. The van der Waals surface area contributed by atoms with Crippen molar-refractivity contribution in [3.63, 3.8) is 0 Å². The summed E-state index contributed by atoms with van der Waals surface area (Å²) in [7, 11) is 1.92. The third kappa shape index (κ3) is 1.91. The fourth-order valence-electron chi connectivity index (χ4n) is 1.50. The standard InChI is InChI=1S/C12H12N2O2/c1-14(11-3-2-8-13-11)10-6-4-9(5-7-10)12(15)16/h2-8,13H,1H3,(H,15,16). The number of anilines is 2. The SMILES string of the molecule is CN(c1ccc(C(=O)O)cc1)c1ccc[nH]1. The Morgan fingerprint density at radius 1 is 1.25 bits per heavy atom. The Hall–Kier alpha value is -2.23. The predicted octanol–water partition coefficient (Wildman–Crippen LogP) is 2.48. The van der Waals surface area contributed by atoms with E-state index >= 15 is 0 Å².